The van der Waals surface area contributed by atoms with Crippen LogP contribution in [0, 0.1) is 0 Å². The Morgan fingerprint density at radius 3 is 1.14 bits per heavy atom. The third-order valence-electron chi connectivity index (χ3n) is 0. The third kappa shape index (κ3) is 76.2. The van der Waals surface area contributed by atoms with Crippen LogP contribution >= 0.6 is 7.82 Å². The standard InChI is InChI=1S/Na.H3O4P.Te.H/c;1-5(2,3)4;;/h;(H3,1,2,3,4);;. The van der Waals surface area contributed by atoms with Crippen molar-refractivity contribution in [3.05, 3.63) is 0 Å². The monoisotopic (exact) mass is 252 g/mol. The molecule has 0 aliphatic carbocycles. The molecule has 0 spiro atoms. The molecule has 0 aromatic heterocycles. The topological polar surface area (TPSA) is 77.8 Å². The predicted molar refractivity (Wildman–Crippen MR) is 27.2 cm³/mol. The molecule has 0 unspecified atom stereocenters. The molecule has 0 aliphatic rings. The zero-order valence-corrected chi connectivity index (χ0v) is 5.83. The van der Waals surface area contributed by atoms with Gasteiger partial charge in [-0.1, -0.05) is 0 Å². The van der Waals surface area contributed by atoms with E-state index in [1.54, 1.807) is 0 Å². The summed E-state index contributed by atoms with van der Waals surface area (Å²) in [5, 5.41) is 0. The van der Waals surface area contributed by atoms with Crippen LogP contribution in [0.1, 0.15) is 0 Å². The summed E-state index contributed by atoms with van der Waals surface area (Å²) in [6.45, 7) is 0. The van der Waals surface area contributed by atoms with Crippen molar-refractivity contribution in [2.45, 2.75) is 0 Å². The van der Waals surface area contributed by atoms with Crippen molar-refractivity contribution in [1.82, 2.24) is 0 Å². The molecule has 0 aromatic carbocycles. The Hall–Kier alpha value is 1.90. The van der Waals surface area contributed by atoms with Crippen LogP contribution in [0.15, 0.2) is 0 Å². The second-order valence-electron chi connectivity index (χ2n) is 0.513. The molecule has 0 atom stereocenters. The molecule has 0 saturated heterocycles. The van der Waals surface area contributed by atoms with E-state index in [0.717, 1.165) is 0 Å². The van der Waals surface area contributed by atoms with Crippen LogP contribution in [0.5, 0.6) is 0 Å². The van der Waals surface area contributed by atoms with Gasteiger partial charge in [-0.15, -0.1) is 0 Å². The van der Waals surface area contributed by atoms with E-state index >= 15 is 0 Å². The van der Waals surface area contributed by atoms with Gasteiger partial charge in [-0.25, -0.2) is 4.57 Å². The van der Waals surface area contributed by atoms with Crippen LogP contribution in [0.3, 0.4) is 0 Å². The van der Waals surface area contributed by atoms with Crippen LogP contribution in [0.2, 0.25) is 0 Å². The van der Waals surface area contributed by atoms with E-state index < -0.39 is 7.82 Å². The van der Waals surface area contributed by atoms with Gasteiger partial charge in [0, 0.05) is 23.7 Å². The Bertz CT molecular complexity index is 57.8. The first kappa shape index (κ1) is 16.0. The predicted octanol–water partition coefficient (Wildman–Crippen LogP) is -1.96. The fourth-order valence-corrected chi connectivity index (χ4v) is 0. The van der Waals surface area contributed by atoms with Crippen molar-refractivity contribution in [3.8, 4) is 0 Å². The molecular weight excluding hydrogens is 246 g/mol. The van der Waals surface area contributed by atoms with Crippen LogP contribution < -0.4 is 0 Å². The van der Waals surface area contributed by atoms with Gasteiger partial charge in [0.25, 0.3) is 0 Å². The molecule has 0 saturated carbocycles. The average Bonchev–Trinajstić information content (AvgIpc) is 0.722. The maximum absolute atomic E-state index is 8.88. The minimum Gasteiger partial charge on any atom is 0 e. The molecule has 0 aliphatic heterocycles. The summed E-state index contributed by atoms with van der Waals surface area (Å²) in [6.07, 6.45) is 0. The minimum atomic E-state index is -4.64. The van der Waals surface area contributed by atoms with Crippen molar-refractivity contribution < 1.29 is 19.2 Å². The second-order valence-corrected chi connectivity index (χ2v) is 1.54. The summed E-state index contributed by atoms with van der Waals surface area (Å²) < 4.78 is 8.88. The van der Waals surface area contributed by atoms with Gasteiger partial charge in [-0.2, -0.15) is 0 Å². The molecular formula is H4NaO4PTe. The van der Waals surface area contributed by atoms with Crippen molar-refractivity contribution in [2.75, 3.05) is 0 Å². The largest absolute Gasteiger partial charge is 0 e. The SMILES string of the molecule is O=P(O)(O)O.[NaH].[Te]. The summed E-state index contributed by atoms with van der Waals surface area (Å²) in [4.78, 5) is 21.6. The van der Waals surface area contributed by atoms with Gasteiger partial charge in [0.1, 0.15) is 0 Å². The zero-order chi connectivity index (χ0) is 4.50. The van der Waals surface area contributed by atoms with Gasteiger partial charge in [0.15, 0.2) is 0 Å². The summed E-state index contributed by atoms with van der Waals surface area (Å²) in [6, 6.07) is 0. The minimum absolute atomic E-state index is 0. The maximum Gasteiger partial charge on any atom is 0 e. The molecule has 0 fully saturated rings. The Morgan fingerprint density at radius 1 is 1.14 bits per heavy atom. The van der Waals surface area contributed by atoms with Crippen LogP contribution in [0.25, 0.3) is 0 Å². The molecule has 2 radical (unpaired) electrons. The molecule has 0 bridgehead atoms. The van der Waals surface area contributed by atoms with E-state index in [-0.39, 0.29) is 53.2 Å². The number of hydrogen-bond acceptors (Lipinski definition) is 1. The van der Waals surface area contributed by atoms with E-state index in [1.165, 1.54) is 0 Å². The Kier molecular flexibility index (Phi) is 13.7. The van der Waals surface area contributed by atoms with Gasteiger partial charge in [0.05, 0.1) is 0 Å². The first-order valence-corrected chi connectivity index (χ1v) is 2.35. The average molecular weight is 250 g/mol. The van der Waals surface area contributed by atoms with E-state index in [9.17, 15) is 0 Å². The summed E-state index contributed by atoms with van der Waals surface area (Å²) in [5.74, 6) is 0. The maximum atomic E-state index is 8.88. The van der Waals surface area contributed by atoms with Crippen LogP contribution in [0.4, 0.5) is 0 Å². The second kappa shape index (κ2) is 6.03. The molecule has 7 heavy (non-hydrogen) atoms. The van der Waals surface area contributed by atoms with Gasteiger partial charge in [0.2, 0.25) is 0 Å². The van der Waals surface area contributed by atoms with Crippen LogP contribution in [-0.4, -0.2) is 67.9 Å². The number of rotatable bonds is 0. The van der Waals surface area contributed by atoms with Crippen molar-refractivity contribution >= 4 is 61.0 Å². The zero-order valence-electron chi connectivity index (χ0n) is 2.61. The van der Waals surface area contributed by atoms with E-state index in [2.05, 4.69) is 0 Å². The first-order valence-electron chi connectivity index (χ1n) is 0.783. The number of hydrogen-bond donors (Lipinski definition) is 3. The fraction of sp³-hybridized carbons (Fsp3) is 0. The first-order chi connectivity index (χ1) is 2.00. The summed E-state index contributed by atoms with van der Waals surface area (Å²) in [7, 11) is -4.64. The fourth-order valence-electron chi connectivity index (χ4n) is 0. The molecule has 4 nitrogen and oxygen atoms in total. The molecule has 7 heteroatoms. The van der Waals surface area contributed by atoms with Gasteiger partial charge >= 0.3 is 37.4 Å². The smallest absolute Gasteiger partial charge is 0 e. The Balaban J connectivity index is -0.0000000800. The van der Waals surface area contributed by atoms with Crippen LogP contribution in [-0.2, 0) is 4.57 Å². The molecule has 0 rings (SSSR count). The quantitative estimate of drug-likeness (QED) is 0.344. The Morgan fingerprint density at radius 2 is 1.14 bits per heavy atom. The van der Waals surface area contributed by atoms with E-state index in [1.807, 2.05) is 0 Å². The van der Waals surface area contributed by atoms with Crippen molar-refractivity contribution in [3.63, 3.8) is 0 Å². The third-order valence-corrected chi connectivity index (χ3v) is 0. The van der Waals surface area contributed by atoms with Crippen molar-refractivity contribution in [1.29, 1.82) is 0 Å². The molecule has 0 amide bonds. The van der Waals surface area contributed by atoms with Crippen molar-refractivity contribution in [2.24, 2.45) is 0 Å². The molecule has 40 valence electrons. The molecule has 0 aromatic rings. The van der Waals surface area contributed by atoms with E-state index in [0.29, 0.717) is 0 Å². The number of phosphoric acid groups is 1. The summed E-state index contributed by atoms with van der Waals surface area (Å²) >= 11 is 0. The van der Waals surface area contributed by atoms with Gasteiger partial charge < -0.3 is 14.7 Å². The van der Waals surface area contributed by atoms with Gasteiger partial charge in [-0.05, 0) is 0 Å². The molecule has 0 heterocycles. The Labute approximate surface area is 79.6 Å². The van der Waals surface area contributed by atoms with E-state index in [4.69, 9.17) is 19.2 Å². The molecule has 3 N–H and O–H groups in total. The van der Waals surface area contributed by atoms with Gasteiger partial charge in [-0.3, -0.25) is 0 Å². The summed E-state index contributed by atoms with van der Waals surface area (Å²) in [5.41, 5.74) is 0. The normalized spacial score (nSPS) is 8.43.